The molecule has 0 amide bonds. The van der Waals surface area contributed by atoms with Crippen LogP contribution < -0.4 is 0 Å². The first-order chi connectivity index (χ1) is 25.3. The van der Waals surface area contributed by atoms with Crippen LogP contribution in [0.3, 0.4) is 0 Å². The van der Waals surface area contributed by atoms with Crippen LogP contribution >= 0.6 is 0 Å². The number of hydrogen-bond acceptors (Lipinski definition) is 4. The molecule has 238 valence electrons. The predicted octanol–water partition coefficient (Wildman–Crippen LogP) is 11.3. The molecule has 0 N–H and O–H groups in total. The number of hydrogen-bond donors (Lipinski definition) is 0. The third-order valence-corrected chi connectivity index (χ3v) is 9.63. The number of aromatic nitrogens is 5. The Hall–Kier alpha value is -6.98. The van der Waals surface area contributed by atoms with Gasteiger partial charge in [0.1, 0.15) is 0 Å². The minimum Gasteiger partial charge on any atom is -0.309 e. The highest BCUT2D eigenvalue weighted by molar-refractivity contribution is 6.25. The van der Waals surface area contributed by atoms with Crippen molar-refractivity contribution in [2.24, 2.45) is 0 Å². The Morgan fingerprint density at radius 3 is 1.45 bits per heavy atom. The fourth-order valence-corrected chi connectivity index (χ4v) is 7.27. The molecular formula is C46H29N5. The molecule has 0 saturated heterocycles. The Morgan fingerprint density at radius 1 is 0.333 bits per heavy atom. The Morgan fingerprint density at radius 2 is 0.824 bits per heavy atom. The molecule has 0 radical (unpaired) electrons. The molecule has 0 aliphatic heterocycles. The topological polar surface area (TPSA) is 56.5 Å². The van der Waals surface area contributed by atoms with E-state index in [-0.39, 0.29) is 0 Å². The zero-order valence-corrected chi connectivity index (χ0v) is 27.5. The standard InChI is InChI=1S/C46H29N5/c1-4-14-30(15-5-1)42-41-37(35-20-10-12-22-39(35)47-42)28-29-38-36-21-11-13-23-40(36)51(43(38)41)34-26-24-33(25-27-34)46-49-44(31-16-6-2-7-17-31)48-45(50-46)32-18-8-3-9-19-32/h1-29H. The van der Waals surface area contributed by atoms with Crippen LogP contribution in [0.25, 0.3) is 94.6 Å². The molecule has 5 nitrogen and oxygen atoms in total. The third kappa shape index (κ3) is 4.86. The van der Waals surface area contributed by atoms with Gasteiger partial charge in [-0.05, 0) is 41.8 Å². The van der Waals surface area contributed by atoms with Crippen molar-refractivity contribution < 1.29 is 0 Å². The van der Waals surface area contributed by atoms with Gasteiger partial charge in [-0.2, -0.15) is 0 Å². The predicted molar refractivity (Wildman–Crippen MR) is 209 cm³/mol. The van der Waals surface area contributed by atoms with Crippen LogP contribution in [0.2, 0.25) is 0 Å². The first-order valence-corrected chi connectivity index (χ1v) is 17.1. The summed E-state index contributed by atoms with van der Waals surface area (Å²) in [5.74, 6) is 1.92. The molecule has 0 atom stereocenters. The largest absolute Gasteiger partial charge is 0.309 e. The normalized spacial score (nSPS) is 11.5. The van der Waals surface area contributed by atoms with E-state index in [1.807, 2.05) is 60.7 Å². The fourth-order valence-electron chi connectivity index (χ4n) is 7.27. The first kappa shape index (κ1) is 29.0. The zero-order chi connectivity index (χ0) is 33.7. The highest BCUT2D eigenvalue weighted by Gasteiger charge is 2.20. The summed E-state index contributed by atoms with van der Waals surface area (Å²) >= 11 is 0. The Labute approximate surface area is 294 Å². The monoisotopic (exact) mass is 651 g/mol. The van der Waals surface area contributed by atoms with Crippen molar-refractivity contribution in [2.45, 2.75) is 0 Å². The van der Waals surface area contributed by atoms with Gasteiger partial charge in [0.05, 0.1) is 22.2 Å². The molecule has 3 heterocycles. The second kappa shape index (κ2) is 11.9. The summed E-state index contributed by atoms with van der Waals surface area (Å²) in [6.07, 6.45) is 0. The van der Waals surface area contributed by atoms with E-state index in [4.69, 9.17) is 19.9 Å². The molecule has 0 bridgehead atoms. The second-order valence-corrected chi connectivity index (χ2v) is 12.7. The van der Waals surface area contributed by atoms with Crippen LogP contribution in [0.15, 0.2) is 176 Å². The van der Waals surface area contributed by atoms with E-state index >= 15 is 0 Å². The van der Waals surface area contributed by atoms with Crippen LogP contribution in [0.1, 0.15) is 0 Å². The molecule has 51 heavy (non-hydrogen) atoms. The van der Waals surface area contributed by atoms with Crippen molar-refractivity contribution in [3.63, 3.8) is 0 Å². The highest BCUT2D eigenvalue weighted by Crippen LogP contribution is 2.42. The van der Waals surface area contributed by atoms with Crippen LogP contribution in [0.4, 0.5) is 0 Å². The van der Waals surface area contributed by atoms with E-state index in [0.29, 0.717) is 17.5 Å². The molecule has 5 heteroatoms. The number of nitrogens with zero attached hydrogens (tertiary/aromatic N) is 5. The van der Waals surface area contributed by atoms with Crippen molar-refractivity contribution in [1.29, 1.82) is 0 Å². The van der Waals surface area contributed by atoms with Gasteiger partial charge in [0.2, 0.25) is 0 Å². The Kier molecular flexibility index (Phi) is 6.74. The zero-order valence-electron chi connectivity index (χ0n) is 27.5. The lowest BCUT2D eigenvalue weighted by atomic mass is 9.97. The van der Waals surface area contributed by atoms with Crippen LogP contribution in [-0.4, -0.2) is 24.5 Å². The maximum absolute atomic E-state index is 5.31. The smallest absolute Gasteiger partial charge is 0.164 e. The van der Waals surface area contributed by atoms with Gasteiger partial charge in [-0.15, -0.1) is 0 Å². The summed E-state index contributed by atoms with van der Waals surface area (Å²) in [6, 6.07) is 60.9. The quantitative estimate of drug-likeness (QED) is 0.174. The summed E-state index contributed by atoms with van der Waals surface area (Å²) in [4.78, 5) is 20.1. The highest BCUT2D eigenvalue weighted by atomic mass is 15.0. The maximum atomic E-state index is 5.31. The number of fused-ring (bicyclic) bond motifs is 7. The minimum absolute atomic E-state index is 0.629. The van der Waals surface area contributed by atoms with Crippen molar-refractivity contribution in [3.05, 3.63) is 176 Å². The van der Waals surface area contributed by atoms with Gasteiger partial charge in [0, 0.05) is 49.5 Å². The molecule has 0 spiro atoms. The van der Waals surface area contributed by atoms with Gasteiger partial charge in [-0.25, -0.2) is 19.9 Å². The summed E-state index contributed by atoms with van der Waals surface area (Å²) in [7, 11) is 0. The lowest BCUT2D eigenvalue weighted by Gasteiger charge is -2.15. The fraction of sp³-hybridized carbons (Fsp3) is 0. The molecule has 10 rings (SSSR count). The van der Waals surface area contributed by atoms with Gasteiger partial charge in [0.25, 0.3) is 0 Å². The van der Waals surface area contributed by atoms with E-state index in [0.717, 1.165) is 61.0 Å². The summed E-state index contributed by atoms with van der Waals surface area (Å²) in [6.45, 7) is 0. The van der Waals surface area contributed by atoms with Gasteiger partial charge in [0.15, 0.2) is 17.5 Å². The maximum Gasteiger partial charge on any atom is 0.164 e. The molecule has 3 aromatic heterocycles. The molecule has 0 saturated carbocycles. The Balaban J connectivity index is 1.21. The molecule has 0 fully saturated rings. The number of benzene rings is 7. The number of para-hydroxylation sites is 2. The second-order valence-electron chi connectivity index (χ2n) is 12.7. The van der Waals surface area contributed by atoms with E-state index in [9.17, 15) is 0 Å². The van der Waals surface area contributed by atoms with Gasteiger partial charge >= 0.3 is 0 Å². The number of rotatable bonds is 5. The average molecular weight is 652 g/mol. The summed E-state index contributed by atoms with van der Waals surface area (Å²) in [5.41, 5.74) is 9.18. The van der Waals surface area contributed by atoms with Crippen molar-refractivity contribution >= 4 is 43.5 Å². The average Bonchev–Trinajstić information content (AvgIpc) is 3.56. The molecule has 0 aliphatic rings. The van der Waals surface area contributed by atoms with Gasteiger partial charge < -0.3 is 4.57 Å². The van der Waals surface area contributed by atoms with Crippen LogP contribution in [0.5, 0.6) is 0 Å². The molecule has 0 aliphatic carbocycles. The Bertz CT molecular complexity index is 2820. The lowest BCUT2D eigenvalue weighted by molar-refractivity contribution is 1.07. The van der Waals surface area contributed by atoms with E-state index < -0.39 is 0 Å². The summed E-state index contributed by atoms with van der Waals surface area (Å²) in [5, 5.41) is 5.84. The van der Waals surface area contributed by atoms with Crippen molar-refractivity contribution in [1.82, 2.24) is 24.5 Å². The van der Waals surface area contributed by atoms with Crippen LogP contribution in [-0.2, 0) is 0 Å². The minimum atomic E-state index is 0.629. The molecule has 0 unspecified atom stereocenters. The van der Waals surface area contributed by atoms with E-state index in [1.165, 1.54) is 16.2 Å². The van der Waals surface area contributed by atoms with Crippen molar-refractivity contribution in [2.75, 3.05) is 0 Å². The number of pyridine rings is 1. The molecule has 10 aromatic rings. The first-order valence-electron chi connectivity index (χ1n) is 17.1. The third-order valence-electron chi connectivity index (χ3n) is 9.63. The lowest BCUT2D eigenvalue weighted by Crippen LogP contribution is -2.00. The van der Waals surface area contributed by atoms with Crippen molar-refractivity contribution in [3.8, 4) is 51.1 Å². The summed E-state index contributed by atoms with van der Waals surface area (Å²) < 4.78 is 2.39. The molecule has 7 aromatic carbocycles. The van der Waals surface area contributed by atoms with Gasteiger partial charge in [-0.1, -0.05) is 140 Å². The molecular weight excluding hydrogens is 623 g/mol. The van der Waals surface area contributed by atoms with Gasteiger partial charge in [-0.3, -0.25) is 0 Å². The van der Waals surface area contributed by atoms with Crippen LogP contribution in [0, 0.1) is 0 Å². The SMILES string of the molecule is c1ccc(-c2nc(-c3ccccc3)nc(-c3ccc(-n4c5ccccc5c5ccc6c7ccccc7nc(-c7ccccc7)c6c54)cc3)n2)cc1. The van der Waals surface area contributed by atoms with E-state index in [2.05, 4.69) is 120 Å². The van der Waals surface area contributed by atoms with E-state index in [1.54, 1.807) is 0 Å².